The Morgan fingerprint density at radius 2 is 2.00 bits per heavy atom. The van der Waals surface area contributed by atoms with Gasteiger partial charge in [-0.15, -0.1) is 0 Å². The molecule has 0 spiro atoms. The van der Waals surface area contributed by atoms with Gasteiger partial charge >= 0.3 is 0 Å². The number of aliphatic hydroxyl groups excluding tert-OH is 1. The van der Waals surface area contributed by atoms with Crippen LogP contribution >= 0.6 is 0 Å². The van der Waals surface area contributed by atoms with Crippen LogP contribution in [0.1, 0.15) is 36.2 Å². The zero-order valence-electron chi connectivity index (χ0n) is 9.10. The zero-order valence-corrected chi connectivity index (χ0v) is 9.10. The molecule has 1 aromatic rings. The first kappa shape index (κ1) is 11.7. The number of aliphatic hydroxyl groups is 1. The maximum atomic E-state index is 11.0. The van der Waals surface area contributed by atoms with E-state index in [-0.39, 0.29) is 11.9 Å². The first-order valence-electron chi connectivity index (χ1n) is 5.05. The second-order valence-electron chi connectivity index (χ2n) is 3.67. The maximum absolute atomic E-state index is 11.0. The van der Waals surface area contributed by atoms with E-state index in [2.05, 4.69) is 0 Å². The molecule has 2 nitrogen and oxygen atoms in total. The normalized spacial score (nSPS) is 13.0. The number of benzene rings is 1. The number of carbonyl (C=O) groups excluding carboxylic acids is 1. The van der Waals surface area contributed by atoms with Crippen molar-refractivity contribution in [1.29, 1.82) is 0 Å². The molecule has 0 fully saturated rings. The van der Waals surface area contributed by atoms with Crippen molar-refractivity contribution in [2.45, 2.75) is 26.4 Å². The molecule has 0 aromatic heterocycles. The summed E-state index contributed by atoms with van der Waals surface area (Å²) in [6, 6.07) is 7.42. The van der Waals surface area contributed by atoms with Crippen LogP contribution in [0.5, 0.6) is 0 Å². The van der Waals surface area contributed by atoms with Crippen molar-refractivity contribution in [3.05, 3.63) is 41.5 Å². The highest BCUT2D eigenvalue weighted by atomic mass is 16.3. The van der Waals surface area contributed by atoms with Gasteiger partial charge in [0.05, 0.1) is 6.10 Å². The fraction of sp³-hybridized carbons (Fsp3) is 0.308. The van der Waals surface area contributed by atoms with Crippen LogP contribution < -0.4 is 0 Å². The molecule has 80 valence electrons. The molecule has 1 aromatic carbocycles. The number of Topliss-reactive ketones (excluding diaryl/α,β-unsaturated/α-hetero) is 1. The van der Waals surface area contributed by atoms with Gasteiger partial charge in [0.25, 0.3) is 0 Å². The monoisotopic (exact) mass is 204 g/mol. The Balaban J connectivity index is 2.64. The van der Waals surface area contributed by atoms with Crippen LogP contribution in [0.15, 0.2) is 30.3 Å². The van der Waals surface area contributed by atoms with E-state index in [1.54, 1.807) is 13.8 Å². The third kappa shape index (κ3) is 4.09. The van der Waals surface area contributed by atoms with Crippen molar-refractivity contribution in [3.63, 3.8) is 0 Å². The van der Waals surface area contributed by atoms with Crippen LogP contribution in [0.25, 0.3) is 6.08 Å². The van der Waals surface area contributed by atoms with E-state index in [0.717, 1.165) is 11.1 Å². The van der Waals surface area contributed by atoms with Gasteiger partial charge in [-0.05, 0) is 25.8 Å². The van der Waals surface area contributed by atoms with Gasteiger partial charge in [0.2, 0.25) is 0 Å². The third-order valence-corrected chi connectivity index (χ3v) is 2.10. The summed E-state index contributed by atoms with van der Waals surface area (Å²) in [5.74, 6) is 0.0783. The molecule has 15 heavy (non-hydrogen) atoms. The fourth-order valence-corrected chi connectivity index (χ4v) is 1.23. The standard InChI is InChI=1S/C13H16O2/c1-10(14)4-3-5-12-6-8-13(9-7-12)11(2)15/h3,5-10,14H,4H2,1-2H3/b5-3+. The maximum Gasteiger partial charge on any atom is 0.159 e. The molecule has 1 atom stereocenters. The highest BCUT2D eigenvalue weighted by Gasteiger charge is 1.96. The Hall–Kier alpha value is -1.41. The largest absolute Gasteiger partial charge is 0.393 e. The van der Waals surface area contributed by atoms with Crippen LogP contribution in [0.2, 0.25) is 0 Å². The summed E-state index contributed by atoms with van der Waals surface area (Å²) < 4.78 is 0. The quantitative estimate of drug-likeness (QED) is 0.765. The van der Waals surface area contributed by atoms with Crippen LogP contribution in [0.4, 0.5) is 0 Å². The van der Waals surface area contributed by atoms with Crippen molar-refractivity contribution >= 4 is 11.9 Å². The predicted molar refractivity (Wildman–Crippen MR) is 61.8 cm³/mol. The van der Waals surface area contributed by atoms with Crippen LogP contribution in [-0.4, -0.2) is 17.0 Å². The second-order valence-corrected chi connectivity index (χ2v) is 3.67. The lowest BCUT2D eigenvalue weighted by Crippen LogP contribution is -1.95. The van der Waals surface area contributed by atoms with Crippen molar-refractivity contribution < 1.29 is 9.90 Å². The molecule has 0 bridgehead atoms. The van der Waals surface area contributed by atoms with E-state index in [1.807, 2.05) is 36.4 Å². The number of ketones is 1. The average Bonchev–Trinajstić information content (AvgIpc) is 2.18. The molecule has 0 saturated carbocycles. The van der Waals surface area contributed by atoms with Crippen molar-refractivity contribution in [3.8, 4) is 0 Å². The van der Waals surface area contributed by atoms with E-state index in [1.165, 1.54) is 0 Å². The minimum atomic E-state index is -0.308. The Morgan fingerprint density at radius 1 is 1.40 bits per heavy atom. The lowest BCUT2D eigenvalue weighted by molar-refractivity contribution is 0.101. The summed E-state index contributed by atoms with van der Waals surface area (Å²) in [6.07, 6.45) is 4.20. The number of hydrogen-bond acceptors (Lipinski definition) is 2. The molecule has 1 rings (SSSR count). The van der Waals surface area contributed by atoms with Crippen LogP contribution in [-0.2, 0) is 0 Å². The molecule has 0 aliphatic rings. The van der Waals surface area contributed by atoms with Crippen molar-refractivity contribution in [2.75, 3.05) is 0 Å². The molecule has 1 unspecified atom stereocenters. The molecule has 0 aliphatic carbocycles. The molecule has 0 radical (unpaired) electrons. The Morgan fingerprint density at radius 3 is 2.47 bits per heavy atom. The minimum Gasteiger partial charge on any atom is -0.393 e. The molecule has 0 amide bonds. The predicted octanol–water partition coefficient (Wildman–Crippen LogP) is 2.67. The number of rotatable bonds is 4. The van der Waals surface area contributed by atoms with E-state index >= 15 is 0 Å². The smallest absolute Gasteiger partial charge is 0.159 e. The van der Waals surface area contributed by atoms with Gasteiger partial charge < -0.3 is 5.11 Å². The SMILES string of the molecule is CC(=O)c1ccc(/C=C/CC(C)O)cc1. The van der Waals surface area contributed by atoms with E-state index < -0.39 is 0 Å². The molecular formula is C13H16O2. The van der Waals surface area contributed by atoms with Gasteiger partial charge in [-0.25, -0.2) is 0 Å². The number of carbonyl (C=O) groups is 1. The van der Waals surface area contributed by atoms with Crippen LogP contribution in [0, 0.1) is 0 Å². The summed E-state index contributed by atoms with van der Waals surface area (Å²) in [4.78, 5) is 11.0. The summed E-state index contributed by atoms with van der Waals surface area (Å²) in [6.45, 7) is 3.31. The summed E-state index contributed by atoms with van der Waals surface area (Å²) >= 11 is 0. The first-order valence-corrected chi connectivity index (χ1v) is 5.05. The molecular weight excluding hydrogens is 188 g/mol. The van der Waals surface area contributed by atoms with Gasteiger partial charge in [-0.2, -0.15) is 0 Å². The van der Waals surface area contributed by atoms with Gasteiger partial charge in [-0.3, -0.25) is 4.79 Å². The molecule has 0 aliphatic heterocycles. The van der Waals surface area contributed by atoms with Crippen LogP contribution in [0.3, 0.4) is 0 Å². The Kier molecular flexibility index (Phi) is 4.25. The lowest BCUT2D eigenvalue weighted by atomic mass is 10.1. The Bertz CT molecular complexity index is 347. The fourth-order valence-electron chi connectivity index (χ4n) is 1.23. The van der Waals surface area contributed by atoms with Gasteiger partial charge in [-0.1, -0.05) is 36.4 Å². The molecule has 1 N–H and O–H groups in total. The highest BCUT2D eigenvalue weighted by Crippen LogP contribution is 2.07. The summed E-state index contributed by atoms with van der Waals surface area (Å²) in [7, 11) is 0. The lowest BCUT2D eigenvalue weighted by Gasteiger charge is -1.98. The van der Waals surface area contributed by atoms with Crippen molar-refractivity contribution in [1.82, 2.24) is 0 Å². The average molecular weight is 204 g/mol. The minimum absolute atomic E-state index is 0.0783. The molecule has 2 heteroatoms. The zero-order chi connectivity index (χ0) is 11.3. The summed E-state index contributed by atoms with van der Waals surface area (Å²) in [5.41, 5.74) is 1.77. The molecule has 0 heterocycles. The van der Waals surface area contributed by atoms with Gasteiger partial charge in [0, 0.05) is 5.56 Å². The second kappa shape index (κ2) is 5.47. The molecule has 0 saturated heterocycles. The topological polar surface area (TPSA) is 37.3 Å². The van der Waals surface area contributed by atoms with E-state index in [0.29, 0.717) is 6.42 Å². The third-order valence-electron chi connectivity index (χ3n) is 2.10. The number of hydrogen-bond donors (Lipinski definition) is 1. The first-order chi connectivity index (χ1) is 7.09. The van der Waals surface area contributed by atoms with Gasteiger partial charge in [0.1, 0.15) is 0 Å². The highest BCUT2D eigenvalue weighted by molar-refractivity contribution is 5.94. The van der Waals surface area contributed by atoms with Crippen molar-refractivity contribution in [2.24, 2.45) is 0 Å². The van der Waals surface area contributed by atoms with E-state index in [9.17, 15) is 4.79 Å². The summed E-state index contributed by atoms with van der Waals surface area (Å²) in [5, 5.41) is 9.05. The van der Waals surface area contributed by atoms with Gasteiger partial charge in [0.15, 0.2) is 5.78 Å². The Labute approximate surface area is 90.3 Å². The van der Waals surface area contributed by atoms with E-state index in [4.69, 9.17) is 5.11 Å².